The third kappa shape index (κ3) is 4.79. The zero-order valence-corrected chi connectivity index (χ0v) is 14.1. The number of likely N-dealkylation sites (tertiary alicyclic amines) is 1. The molecule has 1 saturated heterocycles. The third-order valence-electron chi connectivity index (χ3n) is 4.02. The predicted octanol–water partition coefficient (Wildman–Crippen LogP) is 1.18. The number of nitrogens with one attached hydrogen (secondary N) is 3. The number of hydrogen-bond acceptors (Lipinski definition) is 4. The number of carbonyl (C=O) groups is 3. The lowest BCUT2D eigenvalue weighted by Crippen LogP contribution is -2.51. The van der Waals surface area contributed by atoms with E-state index in [2.05, 4.69) is 16.0 Å². The third-order valence-corrected chi connectivity index (χ3v) is 4.02. The van der Waals surface area contributed by atoms with E-state index < -0.39 is 0 Å². The second-order valence-electron chi connectivity index (χ2n) is 5.87. The highest BCUT2D eigenvalue weighted by Crippen LogP contribution is 2.22. The number of nitrogens with zero attached hydrogens (tertiary/aromatic N) is 1. The molecule has 0 aliphatic carbocycles. The molecule has 0 radical (unpaired) electrons. The number of benzene rings is 1. The molecule has 1 fully saturated rings. The Hall–Kier alpha value is -2.41. The molecule has 0 bridgehead atoms. The Labute approximate surface area is 141 Å². The Morgan fingerprint density at radius 3 is 2.42 bits per heavy atom. The van der Waals surface area contributed by atoms with Gasteiger partial charge in [0.05, 0.1) is 24.0 Å². The summed E-state index contributed by atoms with van der Waals surface area (Å²) in [4.78, 5) is 37.5. The highest BCUT2D eigenvalue weighted by molar-refractivity contribution is 5.99. The summed E-state index contributed by atoms with van der Waals surface area (Å²) in [7, 11) is 1.61. The highest BCUT2D eigenvalue weighted by Gasteiger charge is 2.29. The highest BCUT2D eigenvalue weighted by atomic mass is 16.2. The molecule has 3 N–H and O–H groups in total. The quantitative estimate of drug-likeness (QED) is 0.755. The van der Waals surface area contributed by atoms with Crippen LogP contribution in [0.2, 0.25) is 0 Å². The second kappa shape index (κ2) is 8.44. The number of piperidine rings is 1. The van der Waals surface area contributed by atoms with E-state index in [0.29, 0.717) is 11.4 Å². The summed E-state index contributed by atoms with van der Waals surface area (Å²) in [5.41, 5.74) is 1.10. The van der Waals surface area contributed by atoms with Crippen molar-refractivity contribution in [3.63, 3.8) is 0 Å². The molecule has 1 heterocycles. The fourth-order valence-corrected chi connectivity index (χ4v) is 2.91. The molecule has 7 nitrogen and oxygen atoms in total. The summed E-state index contributed by atoms with van der Waals surface area (Å²) < 4.78 is 0. The van der Waals surface area contributed by atoms with Crippen molar-refractivity contribution in [2.75, 3.05) is 30.8 Å². The summed E-state index contributed by atoms with van der Waals surface area (Å²) >= 11 is 0. The van der Waals surface area contributed by atoms with Gasteiger partial charge in [-0.3, -0.25) is 19.3 Å². The van der Waals surface area contributed by atoms with Crippen molar-refractivity contribution in [1.82, 2.24) is 10.2 Å². The van der Waals surface area contributed by atoms with E-state index in [1.54, 1.807) is 31.3 Å². The Morgan fingerprint density at radius 2 is 1.79 bits per heavy atom. The van der Waals surface area contributed by atoms with Crippen LogP contribution in [0.25, 0.3) is 0 Å². The van der Waals surface area contributed by atoms with Crippen molar-refractivity contribution < 1.29 is 14.4 Å². The molecule has 3 amide bonds. The molecule has 1 aliphatic heterocycles. The Morgan fingerprint density at radius 1 is 1.12 bits per heavy atom. The zero-order chi connectivity index (χ0) is 17.5. The predicted molar refractivity (Wildman–Crippen MR) is 92.7 cm³/mol. The Bertz CT molecular complexity index is 618. The van der Waals surface area contributed by atoms with Crippen LogP contribution < -0.4 is 16.0 Å². The lowest BCUT2D eigenvalue weighted by atomic mass is 10.0. The van der Waals surface area contributed by atoms with Gasteiger partial charge >= 0.3 is 0 Å². The summed E-state index contributed by atoms with van der Waals surface area (Å²) in [6, 6.07) is 6.77. The van der Waals surface area contributed by atoms with Crippen molar-refractivity contribution in [1.29, 1.82) is 0 Å². The van der Waals surface area contributed by atoms with E-state index in [0.717, 1.165) is 25.8 Å². The lowest BCUT2D eigenvalue weighted by Gasteiger charge is -2.33. The molecule has 0 unspecified atom stereocenters. The first kappa shape index (κ1) is 17.9. The maximum Gasteiger partial charge on any atom is 0.238 e. The van der Waals surface area contributed by atoms with E-state index in [1.807, 2.05) is 4.90 Å². The molecule has 24 heavy (non-hydrogen) atoms. The minimum atomic E-state index is -0.264. The van der Waals surface area contributed by atoms with Crippen LogP contribution in [0.4, 0.5) is 11.4 Å². The molecule has 0 aromatic heterocycles. The molecular formula is C17H24N4O3. The number of para-hydroxylation sites is 2. The van der Waals surface area contributed by atoms with Gasteiger partial charge in [-0.05, 0) is 31.5 Å². The van der Waals surface area contributed by atoms with Gasteiger partial charge in [0, 0.05) is 14.0 Å². The van der Waals surface area contributed by atoms with Crippen molar-refractivity contribution in [2.24, 2.45) is 0 Å². The largest absolute Gasteiger partial charge is 0.358 e. The van der Waals surface area contributed by atoms with Crippen LogP contribution in [0.3, 0.4) is 0 Å². The van der Waals surface area contributed by atoms with E-state index >= 15 is 0 Å². The van der Waals surface area contributed by atoms with Crippen LogP contribution in [-0.2, 0) is 14.4 Å². The second-order valence-corrected chi connectivity index (χ2v) is 5.87. The molecule has 1 atom stereocenters. The average Bonchev–Trinajstić information content (AvgIpc) is 2.56. The molecular weight excluding hydrogens is 308 g/mol. The number of anilines is 2. The molecule has 2 rings (SSSR count). The van der Waals surface area contributed by atoms with Crippen molar-refractivity contribution in [3.8, 4) is 0 Å². The molecule has 0 saturated carbocycles. The number of amides is 3. The van der Waals surface area contributed by atoms with Crippen LogP contribution in [0.15, 0.2) is 24.3 Å². The molecule has 7 heteroatoms. The van der Waals surface area contributed by atoms with Gasteiger partial charge < -0.3 is 16.0 Å². The Balaban J connectivity index is 2.02. The van der Waals surface area contributed by atoms with Crippen LogP contribution in [0.5, 0.6) is 0 Å². The van der Waals surface area contributed by atoms with Gasteiger partial charge in [0.2, 0.25) is 17.7 Å². The lowest BCUT2D eigenvalue weighted by molar-refractivity contribution is -0.128. The van der Waals surface area contributed by atoms with Gasteiger partial charge in [0.15, 0.2) is 0 Å². The Kier molecular flexibility index (Phi) is 6.31. The van der Waals surface area contributed by atoms with Crippen LogP contribution in [0, 0.1) is 0 Å². The SMILES string of the molecule is CNC(=O)[C@H]1CCCCN1CC(=O)Nc1ccccc1NC(C)=O. The fourth-order valence-electron chi connectivity index (χ4n) is 2.91. The zero-order valence-electron chi connectivity index (χ0n) is 14.1. The van der Waals surface area contributed by atoms with E-state index in [1.165, 1.54) is 6.92 Å². The number of carbonyl (C=O) groups excluding carboxylic acids is 3. The van der Waals surface area contributed by atoms with Crippen LogP contribution in [-0.4, -0.2) is 48.8 Å². The van der Waals surface area contributed by atoms with Crippen LogP contribution >= 0.6 is 0 Å². The van der Waals surface area contributed by atoms with E-state index in [9.17, 15) is 14.4 Å². The summed E-state index contributed by atoms with van der Waals surface area (Å²) in [6.07, 6.45) is 2.72. The first-order valence-corrected chi connectivity index (χ1v) is 8.13. The summed E-state index contributed by atoms with van der Waals surface area (Å²) in [6.45, 7) is 2.28. The van der Waals surface area contributed by atoms with Gasteiger partial charge in [0.1, 0.15) is 0 Å². The van der Waals surface area contributed by atoms with Gasteiger partial charge in [-0.1, -0.05) is 18.6 Å². The van der Waals surface area contributed by atoms with Gasteiger partial charge in [0.25, 0.3) is 0 Å². The minimum Gasteiger partial charge on any atom is -0.358 e. The van der Waals surface area contributed by atoms with Gasteiger partial charge in [-0.2, -0.15) is 0 Å². The minimum absolute atomic E-state index is 0.0545. The maximum absolute atomic E-state index is 12.4. The maximum atomic E-state index is 12.4. The summed E-state index contributed by atoms with van der Waals surface area (Å²) in [5, 5.41) is 8.16. The van der Waals surface area contributed by atoms with Gasteiger partial charge in [-0.25, -0.2) is 0 Å². The molecule has 1 aromatic carbocycles. The monoisotopic (exact) mass is 332 g/mol. The first-order chi connectivity index (χ1) is 11.5. The van der Waals surface area contributed by atoms with Crippen LogP contribution in [0.1, 0.15) is 26.2 Å². The van der Waals surface area contributed by atoms with Crippen molar-refractivity contribution in [3.05, 3.63) is 24.3 Å². The topological polar surface area (TPSA) is 90.5 Å². The number of hydrogen-bond donors (Lipinski definition) is 3. The smallest absolute Gasteiger partial charge is 0.238 e. The molecule has 1 aromatic rings. The molecule has 1 aliphatic rings. The van der Waals surface area contributed by atoms with E-state index in [4.69, 9.17) is 0 Å². The van der Waals surface area contributed by atoms with Gasteiger partial charge in [-0.15, -0.1) is 0 Å². The first-order valence-electron chi connectivity index (χ1n) is 8.13. The molecule has 0 spiro atoms. The van der Waals surface area contributed by atoms with E-state index in [-0.39, 0.29) is 30.3 Å². The average molecular weight is 332 g/mol. The summed E-state index contributed by atoms with van der Waals surface area (Å²) in [5.74, 6) is -0.461. The standard InChI is InChI=1S/C17H24N4O3/c1-12(22)19-13-7-3-4-8-14(13)20-16(23)11-21-10-6-5-9-15(21)17(24)18-2/h3-4,7-8,15H,5-6,9-11H2,1-2H3,(H,18,24)(H,19,22)(H,20,23)/t15-/m1/s1. The number of rotatable bonds is 5. The fraction of sp³-hybridized carbons (Fsp3) is 0.471. The van der Waals surface area contributed by atoms with Crippen molar-refractivity contribution >= 4 is 29.1 Å². The molecule has 130 valence electrons. The number of likely N-dealkylation sites (N-methyl/N-ethyl adjacent to an activating group) is 1. The normalized spacial score (nSPS) is 17.8. The van der Waals surface area contributed by atoms with Crippen molar-refractivity contribution in [2.45, 2.75) is 32.2 Å².